The summed E-state index contributed by atoms with van der Waals surface area (Å²) >= 11 is 0. The molecule has 2 saturated heterocycles. The molecule has 2 bridgehead atoms. The number of anilines is 2. The van der Waals surface area contributed by atoms with Gasteiger partial charge in [0.1, 0.15) is 0 Å². The number of nitrogens with zero attached hydrogens (tertiary/aromatic N) is 4. The van der Waals surface area contributed by atoms with E-state index in [1.807, 2.05) is 18.2 Å². The molecular formula is C20H20N6O. The van der Waals surface area contributed by atoms with Crippen molar-refractivity contribution in [2.24, 2.45) is 0 Å². The molecule has 2 N–H and O–H groups in total. The molecule has 7 heteroatoms. The molecule has 2 fully saturated rings. The number of tetrazole rings is 1. The quantitative estimate of drug-likeness (QED) is 0.729. The minimum atomic E-state index is 0.477. The van der Waals surface area contributed by atoms with Crippen LogP contribution in [0.15, 0.2) is 42.5 Å². The molecule has 4 heterocycles. The summed E-state index contributed by atoms with van der Waals surface area (Å²) in [6.45, 7) is 0. The van der Waals surface area contributed by atoms with Crippen LogP contribution in [0.3, 0.4) is 0 Å². The van der Waals surface area contributed by atoms with Crippen LogP contribution in [0.1, 0.15) is 25.7 Å². The first kappa shape index (κ1) is 15.2. The topological polar surface area (TPSA) is 79.0 Å². The fraction of sp³-hybridized carbons (Fsp3) is 0.350. The minimum absolute atomic E-state index is 0.477. The normalized spacial score (nSPS) is 25.6. The zero-order chi connectivity index (χ0) is 17.8. The molecule has 0 aliphatic carbocycles. The number of hydrogen-bond donors (Lipinski definition) is 2. The molecule has 3 aliphatic heterocycles. The van der Waals surface area contributed by atoms with Crippen LogP contribution in [0.25, 0.3) is 11.4 Å². The Labute approximate surface area is 156 Å². The third-order valence-electron chi connectivity index (χ3n) is 6.00. The standard InChI is InChI=1S/C20H20N6O/c1-2-4-18-16(3-1)26(15-10-13-6-7-14(11-15)21-13)17-8-5-12(9-19(17)27-18)20-22-24-25-23-20/h1-5,8-9,13-15,21H,6-7,10-11H2,(H,22,23,24,25)/t13-,14+,15-. The Morgan fingerprint density at radius 1 is 0.963 bits per heavy atom. The fourth-order valence-electron chi connectivity index (χ4n) is 4.85. The van der Waals surface area contributed by atoms with Gasteiger partial charge >= 0.3 is 0 Å². The molecular weight excluding hydrogens is 340 g/mol. The number of para-hydroxylation sites is 2. The lowest BCUT2D eigenvalue weighted by atomic mass is 9.95. The van der Waals surface area contributed by atoms with Gasteiger partial charge in [-0.15, -0.1) is 5.10 Å². The van der Waals surface area contributed by atoms with E-state index in [2.05, 4.69) is 55.1 Å². The summed E-state index contributed by atoms with van der Waals surface area (Å²) in [5.74, 6) is 2.41. The Kier molecular flexibility index (Phi) is 3.25. The fourth-order valence-corrected chi connectivity index (χ4v) is 4.85. The molecule has 2 aromatic carbocycles. The number of aromatic nitrogens is 4. The highest BCUT2D eigenvalue weighted by Crippen LogP contribution is 2.50. The average Bonchev–Trinajstić information content (AvgIpc) is 3.35. The predicted octanol–water partition coefficient (Wildman–Crippen LogP) is 3.39. The van der Waals surface area contributed by atoms with E-state index < -0.39 is 0 Å². The average molecular weight is 360 g/mol. The van der Waals surface area contributed by atoms with Crippen LogP contribution in [0.4, 0.5) is 11.4 Å². The van der Waals surface area contributed by atoms with E-state index in [0.29, 0.717) is 23.9 Å². The van der Waals surface area contributed by atoms with Crippen molar-refractivity contribution in [3.63, 3.8) is 0 Å². The summed E-state index contributed by atoms with van der Waals surface area (Å²) in [6.07, 6.45) is 4.91. The lowest BCUT2D eigenvalue weighted by Gasteiger charge is -2.42. The molecule has 7 nitrogen and oxygen atoms in total. The van der Waals surface area contributed by atoms with Gasteiger partial charge in [0.25, 0.3) is 0 Å². The number of nitrogens with one attached hydrogen (secondary N) is 2. The molecule has 3 aromatic rings. The Balaban J connectivity index is 1.46. The largest absolute Gasteiger partial charge is 0.453 e. The van der Waals surface area contributed by atoms with Gasteiger partial charge in [0.05, 0.1) is 11.4 Å². The van der Waals surface area contributed by atoms with Crippen LogP contribution in [-0.4, -0.2) is 38.7 Å². The number of ether oxygens (including phenoxy) is 1. The third kappa shape index (κ3) is 2.42. The number of rotatable bonds is 2. The van der Waals surface area contributed by atoms with Gasteiger partial charge in [-0.25, -0.2) is 5.10 Å². The molecule has 3 aliphatic rings. The number of hydrogen-bond acceptors (Lipinski definition) is 6. The van der Waals surface area contributed by atoms with Crippen molar-refractivity contribution in [3.8, 4) is 22.9 Å². The first-order chi connectivity index (χ1) is 13.3. The number of piperidine rings is 1. The third-order valence-corrected chi connectivity index (χ3v) is 6.00. The lowest BCUT2D eigenvalue weighted by Crippen LogP contribution is -2.47. The molecule has 27 heavy (non-hydrogen) atoms. The smallest absolute Gasteiger partial charge is 0.179 e. The van der Waals surface area contributed by atoms with Gasteiger partial charge in [-0.2, -0.15) is 0 Å². The van der Waals surface area contributed by atoms with Crippen LogP contribution < -0.4 is 15.0 Å². The second kappa shape index (κ2) is 5.79. The van der Waals surface area contributed by atoms with Crippen LogP contribution in [0, 0.1) is 0 Å². The van der Waals surface area contributed by atoms with Crippen molar-refractivity contribution < 1.29 is 4.74 Å². The zero-order valence-corrected chi connectivity index (χ0v) is 14.8. The molecule has 6 rings (SSSR count). The van der Waals surface area contributed by atoms with Crippen LogP contribution >= 0.6 is 0 Å². The van der Waals surface area contributed by atoms with Gasteiger partial charge in [-0.3, -0.25) is 0 Å². The van der Waals surface area contributed by atoms with Gasteiger partial charge in [0, 0.05) is 23.7 Å². The molecule has 0 radical (unpaired) electrons. The summed E-state index contributed by atoms with van der Waals surface area (Å²) < 4.78 is 6.27. The van der Waals surface area contributed by atoms with Crippen molar-refractivity contribution in [2.45, 2.75) is 43.8 Å². The molecule has 1 aromatic heterocycles. The summed E-state index contributed by atoms with van der Waals surface area (Å²) in [6, 6.07) is 16.3. The van der Waals surface area contributed by atoms with Crippen molar-refractivity contribution in [1.29, 1.82) is 0 Å². The monoisotopic (exact) mass is 360 g/mol. The molecule has 0 spiro atoms. The summed E-state index contributed by atoms with van der Waals surface area (Å²) in [5.41, 5.74) is 3.20. The molecule has 3 atom stereocenters. The Hall–Kier alpha value is -2.93. The van der Waals surface area contributed by atoms with Crippen LogP contribution in [0.2, 0.25) is 0 Å². The molecule has 136 valence electrons. The summed E-state index contributed by atoms with van der Waals surface area (Å²) in [7, 11) is 0. The van der Waals surface area contributed by atoms with Gasteiger partial charge in [-0.05, 0) is 66.4 Å². The zero-order valence-electron chi connectivity index (χ0n) is 14.8. The second-order valence-electron chi connectivity index (χ2n) is 7.64. The predicted molar refractivity (Wildman–Crippen MR) is 101 cm³/mol. The lowest BCUT2D eigenvalue weighted by molar-refractivity contribution is 0.353. The Morgan fingerprint density at radius 3 is 2.59 bits per heavy atom. The van der Waals surface area contributed by atoms with Crippen LogP contribution in [-0.2, 0) is 0 Å². The summed E-state index contributed by atoms with van der Waals surface area (Å²) in [4.78, 5) is 2.49. The van der Waals surface area contributed by atoms with E-state index in [1.54, 1.807) is 0 Å². The number of H-pyrrole nitrogens is 1. The van der Waals surface area contributed by atoms with E-state index in [9.17, 15) is 0 Å². The van der Waals surface area contributed by atoms with E-state index in [1.165, 1.54) is 12.8 Å². The highest BCUT2D eigenvalue weighted by molar-refractivity contribution is 5.80. The first-order valence-electron chi connectivity index (χ1n) is 9.55. The van der Waals surface area contributed by atoms with Crippen molar-refractivity contribution in [1.82, 2.24) is 25.9 Å². The highest BCUT2D eigenvalue weighted by Gasteiger charge is 2.39. The van der Waals surface area contributed by atoms with Gasteiger partial charge in [0.15, 0.2) is 17.3 Å². The number of aromatic amines is 1. The molecule has 0 amide bonds. The van der Waals surface area contributed by atoms with E-state index in [4.69, 9.17) is 4.74 Å². The number of benzene rings is 2. The maximum atomic E-state index is 6.27. The van der Waals surface area contributed by atoms with Crippen LogP contribution in [0.5, 0.6) is 11.5 Å². The van der Waals surface area contributed by atoms with Gasteiger partial charge in [0.2, 0.25) is 0 Å². The minimum Gasteiger partial charge on any atom is -0.453 e. The molecule has 0 unspecified atom stereocenters. The van der Waals surface area contributed by atoms with E-state index >= 15 is 0 Å². The first-order valence-corrected chi connectivity index (χ1v) is 9.55. The van der Waals surface area contributed by atoms with E-state index in [0.717, 1.165) is 41.3 Å². The maximum Gasteiger partial charge on any atom is 0.179 e. The maximum absolute atomic E-state index is 6.27. The second-order valence-corrected chi connectivity index (χ2v) is 7.64. The summed E-state index contributed by atoms with van der Waals surface area (Å²) in [5, 5.41) is 18.0. The Bertz CT molecular complexity index is 976. The highest BCUT2D eigenvalue weighted by atomic mass is 16.5. The van der Waals surface area contributed by atoms with Crippen molar-refractivity contribution in [2.75, 3.05) is 4.90 Å². The van der Waals surface area contributed by atoms with E-state index in [-0.39, 0.29) is 0 Å². The van der Waals surface area contributed by atoms with Crippen molar-refractivity contribution >= 4 is 11.4 Å². The van der Waals surface area contributed by atoms with Gasteiger partial charge < -0.3 is 15.0 Å². The number of fused-ring (bicyclic) bond motifs is 4. The SMILES string of the molecule is c1ccc2c(c1)Oc1cc(-c3nnn[nH]3)ccc1N2[C@@H]1C[C@H]2CC[C@@H](C1)N2. The Morgan fingerprint density at radius 2 is 1.78 bits per heavy atom. The van der Waals surface area contributed by atoms with Crippen molar-refractivity contribution in [3.05, 3.63) is 42.5 Å². The van der Waals surface area contributed by atoms with Gasteiger partial charge in [-0.1, -0.05) is 12.1 Å². The molecule has 0 saturated carbocycles.